The third-order valence-electron chi connectivity index (χ3n) is 2.66. The zero-order valence-electron chi connectivity index (χ0n) is 8.01. The van der Waals surface area contributed by atoms with Crippen LogP contribution in [0.25, 0.3) is 0 Å². The minimum absolute atomic E-state index is 0.348. The SMILES string of the molecule is C=CCOCC(C)C1(C)COC1. The fourth-order valence-corrected chi connectivity index (χ4v) is 1.24. The van der Waals surface area contributed by atoms with Crippen LogP contribution in [0, 0.1) is 11.3 Å². The van der Waals surface area contributed by atoms with Crippen molar-refractivity contribution in [2.75, 3.05) is 26.4 Å². The van der Waals surface area contributed by atoms with E-state index in [9.17, 15) is 0 Å². The van der Waals surface area contributed by atoms with Crippen molar-refractivity contribution in [3.63, 3.8) is 0 Å². The van der Waals surface area contributed by atoms with Gasteiger partial charge in [0.1, 0.15) is 0 Å². The van der Waals surface area contributed by atoms with Crippen molar-refractivity contribution in [3.05, 3.63) is 12.7 Å². The van der Waals surface area contributed by atoms with Crippen LogP contribution in [0.5, 0.6) is 0 Å². The Hall–Kier alpha value is -0.340. The molecule has 1 rings (SSSR count). The average molecular weight is 170 g/mol. The van der Waals surface area contributed by atoms with Crippen LogP contribution in [-0.2, 0) is 9.47 Å². The number of rotatable bonds is 5. The highest BCUT2D eigenvalue weighted by molar-refractivity contribution is 4.85. The minimum Gasteiger partial charge on any atom is -0.380 e. The molecule has 1 fully saturated rings. The van der Waals surface area contributed by atoms with Gasteiger partial charge in [-0.3, -0.25) is 0 Å². The lowest BCUT2D eigenvalue weighted by atomic mass is 9.77. The highest BCUT2D eigenvalue weighted by atomic mass is 16.5. The molecule has 70 valence electrons. The van der Waals surface area contributed by atoms with Crippen LogP contribution < -0.4 is 0 Å². The van der Waals surface area contributed by atoms with Gasteiger partial charge in [-0.15, -0.1) is 6.58 Å². The molecular weight excluding hydrogens is 152 g/mol. The molecule has 0 bridgehead atoms. The van der Waals surface area contributed by atoms with E-state index < -0.39 is 0 Å². The van der Waals surface area contributed by atoms with Gasteiger partial charge in [-0.05, 0) is 5.92 Å². The Morgan fingerprint density at radius 2 is 2.33 bits per heavy atom. The van der Waals surface area contributed by atoms with Crippen molar-refractivity contribution >= 4 is 0 Å². The monoisotopic (exact) mass is 170 g/mol. The van der Waals surface area contributed by atoms with E-state index >= 15 is 0 Å². The van der Waals surface area contributed by atoms with Crippen LogP contribution in [0.1, 0.15) is 13.8 Å². The molecule has 0 N–H and O–H groups in total. The first-order chi connectivity index (χ1) is 5.69. The molecule has 0 aromatic heterocycles. The molecule has 0 spiro atoms. The fourth-order valence-electron chi connectivity index (χ4n) is 1.24. The van der Waals surface area contributed by atoms with Crippen LogP contribution in [0.3, 0.4) is 0 Å². The van der Waals surface area contributed by atoms with Crippen molar-refractivity contribution in [1.82, 2.24) is 0 Å². The summed E-state index contributed by atoms with van der Waals surface area (Å²) in [4.78, 5) is 0. The van der Waals surface area contributed by atoms with Gasteiger partial charge in [-0.25, -0.2) is 0 Å². The normalized spacial score (nSPS) is 22.8. The van der Waals surface area contributed by atoms with Crippen LogP contribution in [0.2, 0.25) is 0 Å². The highest BCUT2D eigenvalue weighted by Gasteiger charge is 2.38. The van der Waals surface area contributed by atoms with Gasteiger partial charge in [-0.1, -0.05) is 19.9 Å². The molecule has 1 saturated heterocycles. The van der Waals surface area contributed by atoms with Crippen LogP contribution in [0.4, 0.5) is 0 Å². The quantitative estimate of drug-likeness (QED) is 0.463. The van der Waals surface area contributed by atoms with Gasteiger partial charge in [0.05, 0.1) is 26.4 Å². The molecule has 0 aromatic carbocycles. The summed E-state index contributed by atoms with van der Waals surface area (Å²) in [5.41, 5.74) is 0.348. The molecular formula is C10H18O2. The Bertz CT molecular complexity index is 150. The fraction of sp³-hybridized carbons (Fsp3) is 0.800. The van der Waals surface area contributed by atoms with Gasteiger partial charge < -0.3 is 9.47 Å². The molecule has 1 heterocycles. The summed E-state index contributed by atoms with van der Waals surface area (Å²) >= 11 is 0. The van der Waals surface area contributed by atoms with Crippen LogP contribution in [-0.4, -0.2) is 26.4 Å². The number of ether oxygens (including phenoxy) is 2. The lowest BCUT2D eigenvalue weighted by Gasteiger charge is -2.42. The highest BCUT2D eigenvalue weighted by Crippen LogP contribution is 2.35. The van der Waals surface area contributed by atoms with Gasteiger partial charge >= 0.3 is 0 Å². The zero-order chi connectivity index (χ0) is 9.03. The van der Waals surface area contributed by atoms with E-state index in [1.54, 1.807) is 6.08 Å². The Labute approximate surface area is 74.6 Å². The van der Waals surface area contributed by atoms with Crippen LogP contribution in [0.15, 0.2) is 12.7 Å². The summed E-state index contributed by atoms with van der Waals surface area (Å²) < 4.78 is 10.6. The molecule has 1 unspecified atom stereocenters. The minimum atomic E-state index is 0.348. The first-order valence-electron chi connectivity index (χ1n) is 4.45. The van der Waals surface area contributed by atoms with Crippen molar-refractivity contribution in [3.8, 4) is 0 Å². The Morgan fingerprint density at radius 3 is 2.75 bits per heavy atom. The third-order valence-corrected chi connectivity index (χ3v) is 2.66. The molecule has 12 heavy (non-hydrogen) atoms. The second-order valence-corrected chi connectivity index (χ2v) is 3.87. The standard InChI is InChI=1S/C10H18O2/c1-4-5-11-6-9(2)10(3)7-12-8-10/h4,9H,1,5-8H2,2-3H3. The van der Waals surface area contributed by atoms with Crippen molar-refractivity contribution in [2.24, 2.45) is 11.3 Å². The molecule has 1 aliphatic rings. The van der Waals surface area contributed by atoms with E-state index in [0.29, 0.717) is 17.9 Å². The summed E-state index contributed by atoms with van der Waals surface area (Å²) in [5.74, 6) is 0.575. The van der Waals surface area contributed by atoms with E-state index in [-0.39, 0.29) is 0 Å². The molecule has 0 aliphatic carbocycles. The Kier molecular flexibility index (Phi) is 3.29. The van der Waals surface area contributed by atoms with E-state index in [4.69, 9.17) is 9.47 Å². The van der Waals surface area contributed by atoms with Gasteiger partial charge in [0.25, 0.3) is 0 Å². The van der Waals surface area contributed by atoms with E-state index in [1.165, 1.54) is 0 Å². The Morgan fingerprint density at radius 1 is 1.67 bits per heavy atom. The number of hydrogen-bond acceptors (Lipinski definition) is 2. The van der Waals surface area contributed by atoms with Crippen LogP contribution >= 0.6 is 0 Å². The summed E-state index contributed by atoms with van der Waals surface area (Å²) in [6.07, 6.45) is 1.78. The first kappa shape index (κ1) is 9.75. The predicted octanol–water partition coefficient (Wildman–Crippen LogP) is 1.86. The van der Waals surface area contributed by atoms with Crippen molar-refractivity contribution in [1.29, 1.82) is 0 Å². The van der Waals surface area contributed by atoms with Gasteiger partial charge in [0.15, 0.2) is 0 Å². The third kappa shape index (κ3) is 2.08. The second kappa shape index (κ2) is 4.06. The molecule has 1 atom stereocenters. The lowest BCUT2D eigenvalue weighted by molar-refractivity contribution is -0.142. The number of hydrogen-bond donors (Lipinski definition) is 0. The maximum Gasteiger partial charge on any atom is 0.0644 e. The van der Waals surface area contributed by atoms with Crippen molar-refractivity contribution in [2.45, 2.75) is 13.8 Å². The molecule has 1 aliphatic heterocycles. The first-order valence-corrected chi connectivity index (χ1v) is 4.45. The lowest BCUT2D eigenvalue weighted by Crippen LogP contribution is -2.46. The molecule has 0 saturated carbocycles. The second-order valence-electron chi connectivity index (χ2n) is 3.87. The maximum absolute atomic E-state index is 5.39. The maximum atomic E-state index is 5.39. The smallest absolute Gasteiger partial charge is 0.0644 e. The molecule has 2 heteroatoms. The Balaban J connectivity index is 2.18. The molecule has 0 amide bonds. The summed E-state index contributed by atoms with van der Waals surface area (Å²) in [5, 5.41) is 0. The zero-order valence-corrected chi connectivity index (χ0v) is 8.01. The van der Waals surface area contributed by atoms with Gasteiger partial charge in [0.2, 0.25) is 0 Å². The molecule has 0 radical (unpaired) electrons. The van der Waals surface area contributed by atoms with E-state index in [0.717, 1.165) is 19.8 Å². The average Bonchev–Trinajstić information content (AvgIpc) is 2.00. The van der Waals surface area contributed by atoms with Gasteiger partial charge in [0, 0.05) is 5.41 Å². The van der Waals surface area contributed by atoms with E-state index in [2.05, 4.69) is 20.4 Å². The largest absolute Gasteiger partial charge is 0.380 e. The summed E-state index contributed by atoms with van der Waals surface area (Å²) in [6.45, 7) is 11.3. The van der Waals surface area contributed by atoms with Crippen molar-refractivity contribution < 1.29 is 9.47 Å². The van der Waals surface area contributed by atoms with Gasteiger partial charge in [-0.2, -0.15) is 0 Å². The molecule has 2 nitrogen and oxygen atoms in total. The summed E-state index contributed by atoms with van der Waals surface area (Å²) in [6, 6.07) is 0. The van der Waals surface area contributed by atoms with E-state index in [1.807, 2.05) is 0 Å². The topological polar surface area (TPSA) is 18.5 Å². The predicted molar refractivity (Wildman–Crippen MR) is 49.1 cm³/mol. The molecule has 0 aromatic rings. The summed E-state index contributed by atoms with van der Waals surface area (Å²) in [7, 11) is 0.